The van der Waals surface area contributed by atoms with Crippen LogP contribution >= 0.6 is 0 Å². The lowest BCUT2D eigenvalue weighted by Gasteiger charge is -2.27. The van der Waals surface area contributed by atoms with E-state index in [1.807, 2.05) is 28.8 Å². The highest BCUT2D eigenvalue weighted by Crippen LogP contribution is 2.37. The molecule has 2 aromatic carbocycles. The Balaban J connectivity index is 1.55. The number of pyridine rings is 1. The number of nitrogens with zero attached hydrogens (tertiary/aromatic N) is 4. The van der Waals surface area contributed by atoms with Gasteiger partial charge in [0.1, 0.15) is 0 Å². The molecule has 1 saturated heterocycles. The molecule has 30 heavy (non-hydrogen) atoms. The normalized spacial score (nSPS) is 16.8. The molecule has 1 unspecified atom stereocenters. The molecule has 1 aliphatic rings. The molecular weight excluding hydrogens is 372 g/mol. The van der Waals surface area contributed by atoms with Crippen molar-refractivity contribution in [3.8, 4) is 0 Å². The minimum Gasteiger partial charge on any atom is -0.332 e. The van der Waals surface area contributed by atoms with Crippen molar-refractivity contribution in [1.82, 2.24) is 19.7 Å². The van der Waals surface area contributed by atoms with Crippen LogP contribution in [0.3, 0.4) is 0 Å². The number of fused-ring (bicyclic) bond motifs is 2. The average molecular weight is 399 g/mol. The lowest BCUT2D eigenvalue weighted by Crippen LogP contribution is -2.31. The van der Waals surface area contributed by atoms with Crippen LogP contribution in [0.5, 0.6) is 0 Å². The number of carbonyl (C=O) groups excluding carboxylic acids is 1. The predicted octanol–water partition coefficient (Wildman–Crippen LogP) is 5.45. The highest BCUT2D eigenvalue weighted by molar-refractivity contribution is 5.99. The average Bonchev–Trinajstić information content (AvgIpc) is 3.39. The van der Waals surface area contributed by atoms with Gasteiger partial charge in [-0.3, -0.25) is 4.79 Å². The van der Waals surface area contributed by atoms with Crippen LogP contribution < -0.4 is 0 Å². The molecule has 0 saturated carbocycles. The Labute approximate surface area is 176 Å². The molecule has 0 aliphatic carbocycles. The maximum absolute atomic E-state index is 13.6. The molecule has 1 fully saturated rings. The Morgan fingerprint density at radius 3 is 2.73 bits per heavy atom. The molecule has 5 nitrogen and oxygen atoms in total. The van der Waals surface area contributed by atoms with E-state index in [1.54, 1.807) is 0 Å². The number of aryl methyl sites for hydroxylation is 1. The van der Waals surface area contributed by atoms with E-state index in [-0.39, 0.29) is 18.0 Å². The van der Waals surface area contributed by atoms with E-state index in [0.717, 1.165) is 36.1 Å². The summed E-state index contributed by atoms with van der Waals surface area (Å²) < 4.78 is 1.91. The van der Waals surface area contributed by atoms with E-state index in [9.17, 15) is 4.79 Å². The number of rotatable bonds is 3. The Bertz CT molecular complexity index is 1250. The van der Waals surface area contributed by atoms with Gasteiger partial charge in [-0.15, -0.1) is 0 Å². The van der Waals surface area contributed by atoms with Crippen LogP contribution in [0.2, 0.25) is 0 Å². The first-order valence-electron chi connectivity index (χ1n) is 10.7. The van der Waals surface area contributed by atoms with Crippen LogP contribution in [0.4, 0.5) is 0 Å². The molecule has 1 amide bonds. The molecule has 152 valence electrons. The van der Waals surface area contributed by atoms with Crippen molar-refractivity contribution in [3.05, 3.63) is 71.5 Å². The number of hydrogen-bond donors (Lipinski definition) is 0. The standard InChI is InChI=1S/C25H26N4O/c1-16(2)29-24-19(15-26-29)14-22(17(3)27-24)25(30)28-13-7-12-23(28)21-11-6-9-18-8-4-5-10-20(18)21/h4-6,8-11,14-16,23H,7,12-13H2,1-3H3. The molecule has 5 rings (SSSR count). The highest BCUT2D eigenvalue weighted by Gasteiger charge is 2.32. The zero-order valence-electron chi connectivity index (χ0n) is 17.7. The molecule has 0 bridgehead atoms. The van der Waals surface area contributed by atoms with Crippen LogP contribution in [-0.4, -0.2) is 32.1 Å². The second-order valence-electron chi connectivity index (χ2n) is 8.44. The first-order valence-corrected chi connectivity index (χ1v) is 10.7. The first-order chi connectivity index (χ1) is 14.5. The second kappa shape index (κ2) is 7.24. The van der Waals surface area contributed by atoms with Gasteiger partial charge in [-0.25, -0.2) is 9.67 Å². The monoisotopic (exact) mass is 398 g/mol. The van der Waals surface area contributed by atoms with Crippen LogP contribution in [0, 0.1) is 6.92 Å². The maximum Gasteiger partial charge on any atom is 0.256 e. The molecule has 1 aliphatic heterocycles. The number of benzene rings is 2. The van der Waals surface area contributed by atoms with Gasteiger partial charge >= 0.3 is 0 Å². The Morgan fingerprint density at radius 2 is 1.90 bits per heavy atom. The third-order valence-electron chi connectivity index (χ3n) is 6.18. The number of carbonyl (C=O) groups is 1. The molecule has 0 spiro atoms. The molecule has 4 aromatic rings. The van der Waals surface area contributed by atoms with Gasteiger partial charge < -0.3 is 4.90 Å². The van der Waals surface area contributed by atoms with Crippen LogP contribution in [0.25, 0.3) is 21.8 Å². The van der Waals surface area contributed by atoms with E-state index >= 15 is 0 Å². The fourth-order valence-corrected chi connectivity index (χ4v) is 4.69. The van der Waals surface area contributed by atoms with Crippen molar-refractivity contribution < 1.29 is 4.79 Å². The molecular formula is C25H26N4O. The number of hydrogen-bond acceptors (Lipinski definition) is 3. The topological polar surface area (TPSA) is 51.0 Å². The highest BCUT2D eigenvalue weighted by atomic mass is 16.2. The Morgan fingerprint density at radius 1 is 1.10 bits per heavy atom. The van der Waals surface area contributed by atoms with Gasteiger partial charge in [0.2, 0.25) is 0 Å². The van der Waals surface area contributed by atoms with E-state index in [4.69, 9.17) is 4.98 Å². The SMILES string of the molecule is Cc1nc2c(cnn2C(C)C)cc1C(=O)N1CCCC1c1cccc2ccccc12. The first kappa shape index (κ1) is 18.8. The summed E-state index contributed by atoms with van der Waals surface area (Å²) in [7, 11) is 0. The summed E-state index contributed by atoms with van der Waals surface area (Å²) in [5.74, 6) is 0.0645. The third-order valence-corrected chi connectivity index (χ3v) is 6.18. The number of likely N-dealkylation sites (tertiary alicyclic amines) is 1. The summed E-state index contributed by atoms with van der Waals surface area (Å²) in [6, 6.07) is 17.1. The van der Waals surface area contributed by atoms with Gasteiger partial charge in [-0.05, 0) is 56.0 Å². The summed E-state index contributed by atoms with van der Waals surface area (Å²) in [6.07, 6.45) is 3.81. The largest absolute Gasteiger partial charge is 0.332 e. The molecule has 5 heteroatoms. The predicted molar refractivity (Wildman–Crippen MR) is 120 cm³/mol. The second-order valence-corrected chi connectivity index (χ2v) is 8.44. The zero-order chi connectivity index (χ0) is 20.8. The number of amides is 1. The fourth-order valence-electron chi connectivity index (χ4n) is 4.69. The van der Waals surface area contributed by atoms with E-state index in [1.165, 1.54) is 16.3 Å². The van der Waals surface area contributed by atoms with E-state index in [2.05, 4.69) is 61.4 Å². The van der Waals surface area contributed by atoms with Crippen molar-refractivity contribution in [3.63, 3.8) is 0 Å². The summed E-state index contributed by atoms with van der Waals surface area (Å²) >= 11 is 0. The summed E-state index contributed by atoms with van der Waals surface area (Å²) in [5, 5.41) is 7.82. The van der Waals surface area contributed by atoms with Crippen molar-refractivity contribution in [2.45, 2.75) is 45.7 Å². The van der Waals surface area contributed by atoms with Crippen molar-refractivity contribution in [2.24, 2.45) is 0 Å². The zero-order valence-corrected chi connectivity index (χ0v) is 17.7. The summed E-state index contributed by atoms with van der Waals surface area (Å²) in [4.78, 5) is 20.4. The van der Waals surface area contributed by atoms with Crippen LogP contribution in [-0.2, 0) is 0 Å². The lowest BCUT2D eigenvalue weighted by molar-refractivity contribution is 0.0735. The van der Waals surface area contributed by atoms with Gasteiger partial charge in [0.05, 0.1) is 23.5 Å². The van der Waals surface area contributed by atoms with Gasteiger partial charge in [-0.2, -0.15) is 5.10 Å². The van der Waals surface area contributed by atoms with Gasteiger partial charge in [-0.1, -0.05) is 42.5 Å². The third kappa shape index (κ3) is 2.96. The van der Waals surface area contributed by atoms with E-state index < -0.39 is 0 Å². The smallest absolute Gasteiger partial charge is 0.256 e. The Hall–Kier alpha value is -3.21. The lowest BCUT2D eigenvalue weighted by atomic mass is 9.97. The van der Waals surface area contributed by atoms with Crippen molar-refractivity contribution in [2.75, 3.05) is 6.54 Å². The quantitative estimate of drug-likeness (QED) is 0.461. The van der Waals surface area contributed by atoms with Crippen LogP contribution in [0.15, 0.2) is 54.7 Å². The Kier molecular flexibility index (Phi) is 4.54. The molecule has 0 radical (unpaired) electrons. The maximum atomic E-state index is 13.6. The molecule has 0 N–H and O–H groups in total. The van der Waals surface area contributed by atoms with Crippen molar-refractivity contribution >= 4 is 27.7 Å². The fraction of sp³-hybridized carbons (Fsp3) is 0.320. The summed E-state index contributed by atoms with van der Waals surface area (Å²) in [6.45, 7) is 6.87. The van der Waals surface area contributed by atoms with Gasteiger partial charge in [0.15, 0.2) is 5.65 Å². The van der Waals surface area contributed by atoms with Gasteiger partial charge in [0.25, 0.3) is 5.91 Å². The van der Waals surface area contributed by atoms with E-state index in [0.29, 0.717) is 5.56 Å². The van der Waals surface area contributed by atoms with Gasteiger partial charge in [0, 0.05) is 18.0 Å². The van der Waals surface area contributed by atoms with Crippen LogP contribution in [0.1, 0.15) is 60.4 Å². The molecule has 2 aromatic heterocycles. The summed E-state index contributed by atoms with van der Waals surface area (Å²) in [5.41, 5.74) is 3.51. The van der Waals surface area contributed by atoms with Crippen molar-refractivity contribution in [1.29, 1.82) is 0 Å². The minimum atomic E-state index is 0.0645. The minimum absolute atomic E-state index is 0.0645. The molecule has 1 atom stereocenters. The number of aromatic nitrogens is 3. The molecule has 3 heterocycles.